The maximum atomic E-state index is 4.42. The molecule has 0 radical (unpaired) electrons. The molecule has 0 saturated heterocycles. The average molecular weight is 267 g/mol. The molecule has 1 N–H and O–H groups in total. The molecule has 1 fully saturated rings. The summed E-state index contributed by atoms with van der Waals surface area (Å²) in [6, 6.07) is 1.09. The summed E-state index contributed by atoms with van der Waals surface area (Å²) in [7, 11) is 1.99. The van der Waals surface area contributed by atoms with Crippen LogP contribution in [0, 0.1) is 6.92 Å². The Balaban J connectivity index is 1.88. The van der Waals surface area contributed by atoms with E-state index in [4.69, 9.17) is 0 Å². The van der Waals surface area contributed by atoms with Gasteiger partial charge in [0, 0.05) is 36.1 Å². The van der Waals surface area contributed by atoms with Gasteiger partial charge in [0.25, 0.3) is 0 Å². The number of aromatic nitrogens is 2. The van der Waals surface area contributed by atoms with Gasteiger partial charge in [-0.2, -0.15) is 16.9 Å². The molecular formula is C14H25N3S. The first-order valence-electron chi connectivity index (χ1n) is 6.89. The monoisotopic (exact) mass is 267 g/mol. The zero-order valence-corrected chi connectivity index (χ0v) is 12.8. The van der Waals surface area contributed by atoms with Crippen LogP contribution in [0.4, 0.5) is 0 Å². The summed E-state index contributed by atoms with van der Waals surface area (Å²) in [6.07, 6.45) is 9.72. The molecule has 0 spiro atoms. The fourth-order valence-electron chi connectivity index (χ4n) is 2.95. The molecule has 1 aromatic heterocycles. The van der Waals surface area contributed by atoms with E-state index in [9.17, 15) is 0 Å². The highest BCUT2D eigenvalue weighted by atomic mass is 32.2. The highest BCUT2D eigenvalue weighted by Gasteiger charge is 2.22. The third kappa shape index (κ3) is 3.29. The standard InChI is InChI=1S/C14H25N3S/c1-10(14-9-17(3)16-11(14)2)15-12-5-7-13(18-4)8-6-12/h9-10,12-13,15H,5-8H2,1-4H3. The Morgan fingerprint density at radius 2 is 2.06 bits per heavy atom. The first-order chi connectivity index (χ1) is 8.60. The van der Waals surface area contributed by atoms with Gasteiger partial charge in [-0.15, -0.1) is 0 Å². The molecule has 3 nitrogen and oxygen atoms in total. The Morgan fingerprint density at radius 3 is 2.56 bits per heavy atom. The fraction of sp³-hybridized carbons (Fsp3) is 0.786. The average Bonchev–Trinajstić information content (AvgIpc) is 2.69. The molecule has 18 heavy (non-hydrogen) atoms. The van der Waals surface area contributed by atoms with Crippen molar-refractivity contribution in [2.75, 3.05) is 6.26 Å². The van der Waals surface area contributed by atoms with Crippen LogP contribution in [-0.2, 0) is 7.05 Å². The van der Waals surface area contributed by atoms with Crippen molar-refractivity contribution in [3.05, 3.63) is 17.5 Å². The Bertz CT molecular complexity index is 380. The molecule has 2 rings (SSSR count). The predicted octanol–water partition coefficient (Wildman–Crippen LogP) is 3.05. The van der Waals surface area contributed by atoms with Crippen molar-refractivity contribution in [1.29, 1.82) is 0 Å². The van der Waals surface area contributed by atoms with Gasteiger partial charge in [-0.1, -0.05) is 0 Å². The molecule has 1 saturated carbocycles. The number of thioether (sulfide) groups is 1. The number of rotatable bonds is 4. The van der Waals surface area contributed by atoms with Crippen molar-refractivity contribution in [2.45, 2.75) is 56.9 Å². The minimum Gasteiger partial charge on any atom is -0.307 e. The number of hydrogen-bond donors (Lipinski definition) is 1. The van der Waals surface area contributed by atoms with Crippen molar-refractivity contribution in [3.63, 3.8) is 0 Å². The molecule has 1 heterocycles. The first kappa shape index (κ1) is 13.9. The zero-order chi connectivity index (χ0) is 13.1. The van der Waals surface area contributed by atoms with E-state index in [1.54, 1.807) is 0 Å². The lowest BCUT2D eigenvalue weighted by atomic mass is 9.94. The van der Waals surface area contributed by atoms with E-state index in [1.807, 2.05) is 23.5 Å². The molecule has 1 unspecified atom stereocenters. The minimum absolute atomic E-state index is 0.412. The Kier molecular flexibility index (Phi) is 4.73. The number of nitrogens with one attached hydrogen (secondary N) is 1. The molecule has 0 bridgehead atoms. The van der Waals surface area contributed by atoms with E-state index in [0.717, 1.165) is 10.9 Å². The first-order valence-corrected chi connectivity index (χ1v) is 8.18. The van der Waals surface area contributed by atoms with Crippen LogP contribution >= 0.6 is 11.8 Å². The third-order valence-corrected chi connectivity index (χ3v) is 5.15. The maximum absolute atomic E-state index is 4.42. The van der Waals surface area contributed by atoms with Crippen LogP contribution < -0.4 is 5.32 Å². The molecule has 1 aromatic rings. The fourth-order valence-corrected chi connectivity index (χ4v) is 3.70. The molecular weight excluding hydrogens is 242 g/mol. The molecule has 1 aliphatic carbocycles. The molecule has 0 aromatic carbocycles. The van der Waals surface area contributed by atoms with E-state index in [1.165, 1.54) is 31.2 Å². The van der Waals surface area contributed by atoms with Gasteiger partial charge in [0.1, 0.15) is 0 Å². The quantitative estimate of drug-likeness (QED) is 0.909. The lowest BCUT2D eigenvalue weighted by Crippen LogP contribution is -2.35. The highest BCUT2D eigenvalue weighted by molar-refractivity contribution is 7.99. The normalized spacial score (nSPS) is 26.2. The zero-order valence-electron chi connectivity index (χ0n) is 11.9. The van der Waals surface area contributed by atoms with Gasteiger partial charge in [-0.3, -0.25) is 4.68 Å². The van der Waals surface area contributed by atoms with Crippen molar-refractivity contribution >= 4 is 11.8 Å². The van der Waals surface area contributed by atoms with Gasteiger partial charge in [-0.25, -0.2) is 0 Å². The molecule has 1 aliphatic rings. The summed E-state index contributed by atoms with van der Waals surface area (Å²) in [6.45, 7) is 4.35. The highest BCUT2D eigenvalue weighted by Crippen LogP contribution is 2.28. The molecule has 1 atom stereocenters. The van der Waals surface area contributed by atoms with Crippen LogP contribution in [0.3, 0.4) is 0 Å². The summed E-state index contributed by atoms with van der Waals surface area (Å²) in [5.41, 5.74) is 2.49. The van der Waals surface area contributed by atoms with Crippen molar-refractivity contribution in [3.8, 4) is 0 Å². The number of aryl methyl sites for hydroxylation is 2. The molecule has 102 valence electrons. The maximum Gasteiger partial charge on any atom is 0.0641 e. The van der Waals surface area contributed by atoms with E-state index >= 15 is 0 Å². The van der Waals surface area contributed by atoms with Gasteiger partial charge < -0.3 is 5.32 Å². The second-order valence-corrected chi connectivity index (χ2v) is 6.58. The van der Waals surface area contributed by atoms with Crippen LogP contribution in [0.15, 0.2) is 6.20 Å². The van der Waals surface area contributed by atoms with Crippen LogP contribution in [0.1, 0.15) is 49.9 Å². The van der Waals surface area contributed by atoms with Crippen LogP contribution in [0.2, 0.25) is 0 Å². The van der Waals surface area contributed by atoms with Gasteiger partial charge in [0.05, 0.1) is 5.69 Å². The molecule has 0 aliphatic heterocycles. The Hall–Kier alpha value is -0.480. The molecule has 4 heteroatoms. The summed E-state index contributed by atoms with van der Waals surface area (Å²) < 4.78 is 1.91. The van der Waals surface area contributed by atoms with Crippen LogP contribution in [0.25, 0.3) is 0 Å². The van der Waals surface area contributed by atoms with Gasteiger partial charge in [-0.05, 0) is 45.8 Å². The third-order valence-electron chi connectivity index (χ3n) is 4.01. The summed E-state index contributed by atoms with van der Waals surface area (Å²) >= 11 is 2.03. The van der Waals surface area contributed by atoms with Crippen molar-refractivity contribution in [2.24, 2.45) is 7.05 Å². The summed E-state index contributed by atoms with van der Waals surface area (Å²) in [5, 5.41) is 9.08. The van der Waals surface area contributed by atoms with E-state index in [-0.39, 0.29) is 0 Å². The minimum atomic E-state index is 0.412. The topological polar surface area (TPSA) is 29.9 Å². The lowest BCUT2D eigenvalue weighted by molar-refractivity contribution is 0.352. The SMILES string of the molecule is CSC1CCC(NC(C)c2cn(C)nc2C)CC1. The van der Waals surface area contributed by atoms with Crippen molar-refractivity contribution in [1.82, 2.24) is 15.1 Å². The number of nitrogens with zero attached hydrogens (tertiary/aromatic N) is 2. The lowest BCUT2D eigenvalue weighted by Gasteiger charge is -2.30. The van der Waals surface area contributed by atoms with Gasteiger partial charge in [0.2, 0.25) is 0 Å². The Labute approximate surface area is 115 Å². The van der Waals surface area contributed by atoms with Gasteiger partial charge in [0.15, 0.2) is 0 Å². The van der Waals surface area contributed by atoms with E-state index < -0.39 is 0 Å². The van der Waals surface area contributed by atoms with Crippen LogP contribution in [0.5, 0.6) is 0 Å². The largest absolute Gasteiger partial charge is 0.307 e. The second kappa shape index (κ2) is 6.11. The van der Waals surface area contributed by atoms with Crippen LogP contribution in [-0.4, -0.2) is 27.3 Å². The molecule has 0 amide bonds. The van der Waals surface area contributed by atoms with Crippen molar-refractivity contribution < 1.29 is 0 Å². The van der Waals surface area contributed by atoms with E-state index in [2.05, 4.69) is 36.7 Å². The summed E-state index contributed by atoms with van der Waals surface area (Å²) in [5.74, 6) is 0. The second-order valence-electron chi connectivity index (χ2n) is 5.44. The number of hydrogen-bond acceptors (Lipinski definition) is 3. The smallest absolute Gasteiger partial charge is 0.0641 e. The van der Waals surface area contributed by atoms with E-state index in [0.29, 0.717) is 12.1 Å². The Morgan fingerprint density at radius 1 is 1.39 bits per heavy atom. The van der Waals surface area contributed by atoms with Gasteiger partial charge >= 0.3 is 0 Å². The predicted molar refractivity (Wildman–Crippen MR) is 79.1 cm³/mol. The summed E-state index contributed by atoms with van der Waals surface area (Å²) in [4.78, 5) is 0.